The van der Waals surface area contributed by atoms with Gasteiger partial charge in [0.25, 0.3) is 0 Å². The van der Waals surface area contributed by atoms with Gasteiger partial charge in [0.05, 0.1) is 32.0 Å². The molecule has 284 valence electrons. The third-order valence-electron chi connectivity index (χ3n) is 15.2. The molecular formula is C38H60O12. The van der Waals surface area contributed by atoms with Crippen molar-refractivity contribution in [3.8, 4) is 0 Å². The fourth-order valence-corrected chi connectivity index (χ4v) is 12.3. The fourth-order valence-electron chi connectivity index (χ4n) is 12.3. The molecule has 0 amide bonds. The summed E-state index contributed by atoms with van der Waals surface area (Å²) in [4.78, 5) is 0. The molecule has 50 heavy (non-hydrogen) atoms. The minimum Gasteiger partial charge on any atom is -0.394 e. The highest BCUT2D eigenvalue weighted by molar-refractivity contribution is 5.26. The highest BCUT2D eigenvalue weighted by atomic mass is 16.8. The summed E-state index contributed by atoms with van der Waals surface area (Å²) in [5, 5.41) is 62.2. The van der Waals surface area contributed by atoms with E-state index in [0.717, 1.165) is 38.7 Å². The average molecular weight is 709 g/mol. The number of fused-ring (bicyclic) bond motifs is 7. The van der Waals surface area contributed by atoms with E-state index in [0.29, 0.717) is 41.9 Å². The van der Waals surface area contributed by atoms with Crippen LogP contribution in [-0.2, 0) is 28.4 Å². The lowest BCUT2D eigenvalue weighted by atomic mass is 9.47. The number of hydrogen-bond acceptors (Lipinski definition) is 12. The Bertz CT molecular complexity index is 1270. The SMILES string of the molecule is C[C@@H]1CC[C@@]2(OC1)O[C@H]1C[C@H]3[C@@H]4CC=C5C[C@@H](O[C@@H]6O[C@H](CO)[C@@H](O)[C@H](O)[C@H]6O[C@@H]6OC[C@H](O)[C@H](O)[C@H]6O)CC[C@]5(C)[C@H]4CC[C@]3(C)[C@H]1[C@@H]2C. The molecule has 3 saturated carbocycles. The van der Waals surface area contributed by atoms with Gasteiger partial charge in [-0.05, 0) is 91.8 Å². The third-order valence-corrected chi connectivity index (χ3v) is 15.2. The van der Waals surface area contributed by atoms with Crippen LogP contribution in [0.25, 0.3) is 0 Å². The topological polar surface area (TPSA) is 177 Å². The van der Waals surface area contributed by atoms with Crippen molar-refractivity contribution in [3.63, 3.8) is 0 Å². The molecular weight excluding hydrogens is 648 g/mol. The van der Waals surface area contributed by atoms with Crippen molar-refractivity contribution < 1.29 is 59.1 Å². The molecule has 0 aromatic heterocycles. The molecule has 12 heteroatoms. The first kappa shape index (κ1) is 36.2. The zero-order chi connectivity index (χ0) is 35.3. The molecule has 4 aliphatic carbocycles. The molecule has 0 radical (unpaired) electrons. The van der Waals surface area contributed by atoms with Crippen LogP contribution >= 0.6 is 0 Å². The van der Waals surface area contributed by atoms with Crippen LogP contribution in [0.3, 0.4) is 0 Å². The molecule has 6 N–H and O–H groups in total. The summed E-state index contributed by atoms with van der Waals surface area (Å²) in [6.07, 6.45) is -0.668. The van der Waals surface area contributed by atoms with Crippen molar-refractivity contribution in [3.05, 3.63) is 11.6 Å². The summed E-state index contributed by atoms with van der Waals surface area (Å²) in [6, 6.07) is 0. The molecule has 7 fully saturated rings. The quantitative estimate of drug-likeness (QED) is 0.230. The Morgan fingerprint density at radius 1 is 0.860 bits per heavy atom. The van der Waals surface area contributed by atoms with Crippen LogP contribution in [0, 0.1) is 46.3 Å². The lowest BCUT2D eigenvalue weighted by Crippen LogP contribution is -2.63. The van der Waals surface area contributed by atoms with Gasteiger partial charge in [-0.3, -0.25) is 0 Å². The zero-order valence-electron chi connectivity index (χ0n) is 30.0. The first-order valence-electron chi connectivity index (χ1n) is 19.4. The van der Waals surface area contributed by atoms with E-state index in [2.05, 4.69) is 33.8 Å². The van der Waals surface area contributed by atoms with Gasteiger partial charge in [0.2, 0.25) is 0 Å². The summed E-state index contributed by atoms with van der Waals surface area (Å²) in [6.45, 7) is 9.66. The Labute approximate surface area is 295 Å². The minimum absolute atomic E-state index is 0.0573. The summed E-state index contributed by atoms with van der Waals surface area (Å²) < 4.78 is 37.3. The van der Waals surface area contributed by atoms with Crippen LogP contribution in [0.5, 0.6) is 0 Å². The first-order chi connectivity index (χ1) is 23.8. The predicted octanol–water partition coefficient (Wildman–Crippen LogP) is 2.00. The van der Waals surface area contributed by atoms with E-state index in [1.54, 1.807) is 0 Å². The van der Waals surface area contributed by atoms with Crippen molar-refractivity contribution in [2.75, 3.05) is 19.8 Å². The number of aliphatic hydroxyl groups is 6. The van der Waals surface area contributed by atoms with Gasteiger partial charge in [0.1, 0.15) is 42.7 Å². The van der Waals surface area contributed by atoms with Gasteiger partial charge in [-0.1, -0.05) is 39.3 Å². The Kier molecular flexibility index (Phi) is 9.59. The van der Waals surface area contributed by atoms with Crippen LogP contribution in [0.1, 0.15) is 85.5 Å². The third kappa shape index (κ3) is 5.61. The van der Waals surface area contributed by atoms with E-state index in [1.165, 1.54) is 24.8 Å². The van der Waals surface area contributed by atoms with Gasteiger partial charge >= 0.3 is 0 Å². The number of rotatable bonds is 5. The summed E-state index contributed by atoms with van der Waals surface area (Å²) in [7, 11) is 0. The number of ether oxygens (including phenoxy) is 6. The van der Waals surface area contributed by atoms with Crippen LogP contribution in [-0.4, -0.2) is 124 Å². The molecule has 1 spiro atoms. The Morgan fingerprint density at radius 2 is 1.66 bits per heavy atom. The van der Waals surface area contributed by atoms with Gasteiger partial charge in [-0.2, -0.15) is 0 Å². The maximum absolute atomic E-state index is 11.1. The van der Waals surface area contributed by atoms with Crippen LogP contribution < -0.4 is 0 Å². The molecule has 8 aliphatic rings. The molecule has 4 aliphatic heterocycles. The molecule has 4 heterocycles. The van der Waals surface area contributed by atoms with Gasteiger partial charge < -0.3 is 59.1 Å². The molecule has 0 bridgehead atoms. The summed E-state index contributed by atoms with van der Waals surface area (Å²) in [5.41, 5.74) is 1.71. The summed E-state index contributed by atoms with van der Waals surface area (Å²) in [5.74, 6) is 2.94. The average Bonchev–Trinajstić information content (AvgIpc) is 3.54. The van der Waals surface area contributed by atoms with E-state index >= 15 is 0 Å². The highest BCUT2D eigenvalue weighted by Crippen LogP contribution is 2.70. The van der Waals surface area contributed by atoms with Gasteiger partial charge in [-0.25, -0.2) is 0 Å². The largest absolute Gasteiger partial charge is 0.394 e. The maximum atomic E-state index is 11.1. The normalized spacial score (nSPS) is 57.8. The fraction of sp³-hybridized carbons (Fsp3) is 0.947. The second-order valence-corrected chi connectivity index (χ2v) is 17.8. The highest BCUT2D eigenvalue weighted by Gasteiger charge is 2.68. The van der Waals surface area contributed by atoms with Crippen molar-refractivity contribution in [1.29, 1.82) is 0 Å². The van der Waals surface area contributed by atoms with Gasteiger partial charge in [-0.15, -0.1) is 0 Å². The Hall–Kier alpha value is -0.740. The summed E-state index contributed by atoms with van der Waals surface area (Å²) >= 11 is 0. The van der Waals surface area contributed by atoms with Crippen molar-refractivity contribution in [1.82, 2.24) is 0 Å². The van der Waals surface area contributed by atoms with Gasteiger partial charge in [0.15, 0.2) is 18.4 Å². The van der Waals surface area contributed by atoms with Crippen molar-refractivity contribution >= 4 is 0 Å². The first-order valence-corrected chi connectivity index (χ1v) is 19.4. The van der Waals surface area contributed by atoms with Crippen molar-refractivity contribution in [2.24, 2.45) is 46.3 Å². The predicted molar refractivity (Wildman–Crippen MR) is 177 cm³/mol. The Balaban J connectivity index is 0.961. The van der Waals surface area contributed by atoms with Crippen LogP contribution in [0.15, 0.2) is 11.6 Å². The zero-order valence-corrected chi connectivity index (χ0v) is 30.0. The number of hydrogen-bond donors (Lipinski definition) is 6. The van der Waals surface area contributed by atoms with E-state index in [9.17, 15) is 30.6 Å². The smallest absolute Gasteiger partial charge is 0.187 e. The second-order valence-electron chi connectivity index (χ2n) is 17.8. The second kappa shape index (κ2) is 13.2. The van der Waals surface area contributed by atoms with Crippen LogP contribution in [0.2, 0.25) is 0 Å². The number of aliphatic hydroxyl groups excluding tert-OH is 6. The van der Waals surface area contributed by atoms with E-state index in [1.807, 2.05) is 0 Å². The van der Waals surface area contributed by atoms with E-state index in [-0.39, 0.29) is 29.6 Å². The standard InChI is InChI=1S/C38H60O12/c1-18-7-12-38(46-16-18)19(2)28-26(50-38)14-24-22-6-5-20-13-21(8-10-36(20,3)23(22)9-11-37(24,28)4)47-35-33(31(43)30(42)27(15-39)48-35)49-34-32(44)29(41)25(40)17-45-34/h5,18-19,21-35,39-44H,6-17H2,1-4H3/t18-,19+,21+,22-,23+,24+,25+,26+,27-,28+,29+,30-,31+,32-,33-,34+,35-,36+,37+,38-/m1/s1. The maximum Gasteiger partial charge on any atom is 0.187 e. The minimum atomic E-state index is -1.59. The molecule has 0 aromatic carbocycles. The monoisotopic (exact) mass is 708 g/mol. The molecule has 8 rings (SSSR count). The molecule has 0 unspecified atom stereocenters. The lowest BCUT2D eigenvalue weighted by Gasteiger charge is -2.58. The molecule has 20 atom stereocenters. The van der Waals surface area contributed by atoms with E-state index < -0.39 is 67.7 Å². The molecule has 0 aromatic rings. The Morgan fingerprint density at radius 3 is 2.40 bits per heavy atom. The van der Waals surface area contributed by atoms with E-state index in [4.69, 9.17) is 28.4 Å². The van der Waals surface area contributed by atoms with Gasteiger partial charge in [0, 0.05) is 12.3 Å². The number of allylic oxidation sites excluding steroid dienone is 1. The van der Waals surface area contributed by atoms with Crippen molar-refractivity contribution in [2.45, 2.75) is 159 Å². The lowest BCUT2D eigenvalue weighted by molar-refractivity contribution is -0.362. The molecule has 12 nitrogen and oxygen atoms in total. The van der Waals surface area contributed by atoms with Crippen LogP contribution in [0.4, 0.5) is 0 Å². The molecule has 4 saturated heterocycles.